The van der Waals surface area contributed by atoms with Crippen LogP contribution in [0.3, 0.4) is 0 Å². The SMILES string of the molecule is [C-]#[N+]CC1c2ccccc2-c2ccccc21. The molecule has 0 aromatic heterocycles. The van der Waals surface area contributed by atoms with Gasteiger partial charge in [-0.3, -0.25) is 0 Å². The summed E-state index contributed by atoms with van der Waals surface area (Å²) in [6.07, 6.45) is 0. The maximum Gasteiger partial charge on any atom is 0.225 e. The molecule has 0 unspecified atom stereocenters. The molecule has 1 aliphatic carbocycles. The van der Waals surface area contributed by atoms with Crippen LogP contribution in [0.1, 0.15) is 17.0 Å². The molecule has 0 aliphatic heterocycles. The number of benzene rings is 2. The molecule has 1 nitrogen and oxygen atoms in total. The van der Waals surface area contributed by atoms with Gasteiger partial charge >= 0.3 is 0 Å². The third kappa shape index (κ3) is 1.17. The summed E-state index contributed by atoms with van der Waals surface area (Å²) in [7, 11) is 0. The predicted octanol–water partition coefficient (Wildman–Crippen LogP) is 3.72. The zero-order chi connectivity index (χ0) is 11.0. The van der Waals surface area contributed by atoms with Crippen LogP contribution in [0.15, 0.2) is 48.5 Å². The van der Waals surface area contributed by atoms with Gasteiger partial charge in [0, 0.05) is 0 Å². The summed E-state index contributed by atoms with van der Waals surface area (Å²) in [5, 5.41) is 0. The highest BCUT2D eigenvalue weighted by molar-refractivity contribution is 5.78. The fourth-order valence-electron chi connectivity index (χ4n) is 2.55. The summed E-state index contributed by atoms with van der Waals surface area (Å²) in [4.78, 5) is 3.57. The number of hydrogen-bond donors (Lipinski definition) is 0. The van der Waals surface area contributed by atoms with Crippen LogP contribution in [0, 0.1) is 6.57 Å². The van der Waals surface area contributed by atoms with E-state index in [0.29, 0.717) is 6.54 Å². The molecular weight excluding hydrogens is 194 g/mol. The van der Waals surface area contributed by atoms with E-state index in [4.69, 9.17) is 6.57 Å². The molecule has 76 valence electrons. The van der Waals surface area contributed by atoms with Crippen molar-refractivity contribution < 1.29 is 0 Å². The van der Waals surface area contributed by atoms with Crippen molar-refractivity contribution in [3.63, 3.8) is 0 Å². The molecule has 0 atom stereocenters. The Kier molecular flexibility index (Phi) is 2.01. The van der Waals surface area contributed by atoms with Gasteiger partial charge in [0.15, 0.2) is 0 Å². The average Bonchev–Trinajstić information content (AvgIpc) is 2.66. The minimum absolute atomic E-state index is 0.268. The largest absolute Gasteiger partial charge is 0.316 e. The van der Waals surface area contributed by atoms with Crippen LogP contribution in [-0.4, -0.2) is 6.54 Å². The van der Waals surface area contributed by atoms with Crippen molar-refractivity contribution in [3.05, 3.63) is 71.1 Å². The van der Waals surface area contributed by atoms with Crippen molar-refractivity contribution in [1.29, 1.82) is 0 Å². The van der Waals surface area contributed by atoms with E-state index in [-0.39, 0.29) is 5.92 Å². The normalized spacial score (nSPS) is 12.9. The molecule has 2 aromatic carbocycles. The highest BCUT2D eigenvalue weighted by Crippen LogP contribution is 2.44. The van der Waals surface area contributed by atoms with E-state index in [2.05, 4.69) is 53.4 Å². The summed E-state index contributed by atoms with van der Waals surface area (Å²) in [6, 6.07) is 16.8. The number of rotatable bonds is 1. The first kappa shape index (κ1) is 9.18. The molecule has 16 heavy (non-hydrogen) atoms. The molecule has 0 heterocycles. The molecule has 1 aliphatic rings. The number of fused-ring (bicyclic) bond motifs is 3. The second-order valence-electron chi connectivity index (χ2n) is 4.07. The monoisotopic (exact) mass is 205 g/mol. The van der Waals surface area contributed by atoms with Gasteiger partial charge in [-0.25, -0.2) is 6.57 Å². The molecular formula is C15H11N. The highest BCUT2D eigenvalue weighted by atomic mass is 14.6. The molecule has 3 rings (SSSR count). The van der Waals surface area contributed by atoms with Crippen molar-refractivity contribution in [1.82, 2.24) is 0 Å². The van der Waals surface area contributed by atoms with E-state index in [1.807, 2.05) is 0 Å². The summed E-state index contributed by atoms with van der Waals surface area (Å²) < 4.78 is 0. The molecule has 1 heteroatoms. The molecule has 0 fully saturated rings. The molecule has 2 aromatic rings. The maximum absolute atomic E-state index is 7.08. The number of nitrogens with zero attached hydrogens (tertiary/aromatic N) is 1. The second kappa shape index (κ2) is 3.50. The van der Waals surface area contributed by atoms with Gasteiger partial charge in [-0.2, -0.15) is 0 Å². The maximum atomic E-state index is 7.08. The van der Waals surface area contributed by atoms with E-state index < -0.39 is 0 Å². The van der Waals surface area contributed by atoms with Crippen LogP contribution in [0.5, 0.6) is 0 Å². The fraction of sp³-hybridized carbons (Fsp3) is 0.133. The van der Waals surface area contributed by atoms with Crippen molar-refractivity contribution in [2.75, 3.05) is 6.54 Å². The standard InChI is InChI=1S/C15H11N/c1-16-10-15-13-8-4-2-6-11(13)12-7-3-5-9-14(12)15/h2-9,15H,10H2. The van der Waals surface area contributed by atoms with Crippen LogP contribution in [-0.2, 0) is 0 Å². The Balaban J connectivity index is 2.26. The second-order valence-corrected chi connectivity index (χ2v) is 4.07. The lowest BCUT2D eigenvalue weighted by atomic mass is 9.97. The quantitative estimate of drug-likeness (QED) is 0.625. The van der Waals surface area contributed by atoms with Crippen molar-refractivity contribution in [2.45, 2.75) is 5.92 Å². The summed E-state index contributed by atoms with van der Waals surface area (Å²) in [6.45, 7) is 7.62. The third-order valence-electron chi connectivity index (χ3n) is 3.24. The van der Waals surface area contributed by atoms with Gasteiger partial charge in [0.2, 0.25) is 6.54 Å². The van der Waals surface area contributed by atoms with Gasteiger partial charge in [-0.05, 0) is 22.3 Å². The Hall–Kier alpha value is -2.07. The smallest absolute Gasteiger partial charge is 0.225 e. The van der Waals surface area contributed by atoms with E-state index in [1.165, 1.54) is 22.3 Å². The van der Waals surface area contributed by atoms with Crippen LogP contribution < -0.4 is 0 Å². The first-order valence-corrected chi connectivity index (χ1v) is 5.43. The summed E-state index contributed by atoms with van der Waals surface area (Å²) >= 11 is 0. The molecule has 0 radical (unpaired) electrons. The third-order valence-corrected chi connectivity index (χ3v) is 3.24. The summed E-state index contributed by atoms with van der Waals surface area (Å²) in [5.41, 5.74) is 5.21. The van der Waals surface area contributed by atoms with Crippen LogP contribution in [0.4, 0.5) is 0 Å². The summed E-state index contributed by atoms with van der Waals surface area (Å²) in [5.74, 6) is 0.268. The van der Waals surface area contributed by atoms with Gasteiger partial charge < -0.3 is 4.85 Å². The average molecular weight is 205 g/mol. The van der Waals surface area contributed by atoms with Crippen LogP contribution in [0.2, 0.25) is 0 Å². The molecule has 0 saturated carbocycles. The first-order chi connectivity index (χ1) is 7.92. The Morgan fingerprint density at radius 2 is 1.38 bits per heavy atom. The Morgan fingerprint density at radius 3 is 1.88 bits per heavy atom. The lowest BCUT2D eigenvalue weighted by Gasteiger charge is -2.05. The predicted molar refractivity (Wildman–Crippen MR) is 65.2 cm³/mol. The van der Waals surface area contributed by atoms with E-state index in [0.717, 1.165) is 0 Å². The zero-order valence-electron chi connectivity index (χ0n) is 8.85. The lowest BCUT2D eigenvalue weighted by Crippen LogP contribution is -1.98. The van der Waals surface area contributed by atoms with Gasteiger partial charge in [0.05, 0.1) is 5.92 Å². The molecule has 0 amide bonds. The Morgan fingerprint density at radius 1 is 0.875 bits per heavy atom. The van der Waals surface area contributed by atoms with Gasteiger partial charge in [-0.1, -0.05) is 48.5 Å². The molecule has 0 N–H and O–H groups in total. The zero-order valence-corrected chi connectivity index (χ0v) is 8.85. The minimum Gasteiger partial charge on any atom is -0.316 e. The van der Waals surface area contributed by atoms with E-state index in [1.54, 1.807) is 0 Å². The topological polar surface area (TPSA) is 4.36 Å². The van der Waals surface area contributed by atoms with Gasteiger partial charge in [0.1, 0.15) is 0 Å². The van der Waals surface area contributed by atoms with Crippen molar-refractivity contribution in [3.8, 4) is 11.1 Å². The minimum atomic E-state index is 0.268. The van der Waals surface area contributed by atoms with E-state index in [9.17, 15) is 0 Å². The van der Waals surface area contributed by atoms with Gasteiger partial charge in [-0.15, -0.1) is 0 Å². The lowest BCUT2D eigenvalue weighted by molar-refractivity contribution is 0.915. The Labute approximate surface area is 95.2 Å². The highest BCUT2D eigenvalue weighted by Gasteiger charge is 2.29. The van der Waals surface area contributed by atoms with Crippen LogP contribution in [0.25, 0.3) is 16.0 Å². The molecule has 0 saturated heterocycles. The number of hydrogen-bond acceptors (Lipinski definition) is 0. The fourth-order valence-corrected chi connectivity index (χ4v) is 2.55. The molecule has 0 bridgehead atoms. The van der Waals surface area contributed by atoms with Gasteiger partial charge in [0.25, 0.3) is 0 Å². The van der Waals surface area contributed by atoms with Crippen molar-refractivity contribution in [2.24, 2.45) is 0 Å². The van der Waals surface area contributed by atoms with E-state index >= 15 is 0 Å². The Bertz CT molecular complexity index is 532. The van der Waals surface area contributed by atoms with Crippen molar-refractivity contribution >= 4 is 0 Å². The van der Waals surface area contributed by atoms with Crippen LogP contribution >= 0.6 is 0 Å². The molecule has 0 spiro atoms. The first-order valence-electron chi connectivity index (χ1n) is 5.43.